The first-order valence-corrected chi connectivity index (χ1v) is 8.28. The smallest absolute Gasteiger partial charge is 0.317 e. The SMILES string of the molecule is CC1CCCN(C(=O)NCC2CCCCC2C(=O)O)C1C. The molecule has 0 bridgehead atoms. The second-order valence-electron chi connectivity index (χ2n) is 6.73. The van der Waals surface area contributed by atoms with Crippen molar-refractivity contribution in [2.45, 2.75) is 58.4 Å². The molecule has 4 unspecified atom stereocenters. The summed E-state index contributed by atoms with van der Waals surface area (Å²) in [6.45, 7) is 5.59. The Bertz CT molecular complexity index is 386. The third kappa shape index (κ3) is 3.89. The Balaban J connectivity index is 1.86. The monoisotopic (exact) mass is 296 g/mol. The molecular formula is C16H28N2O3. The molecule has 2 amide bonds. The van der Waals surface area contributed by atoms with E-state index in [1.807, 2.05) is 4.90 Å². The van der Waals surface area contributed by atoms with Gasteiger partial charge in [-0.3, -0.25) is 4.79 Å². The molecule has 0 aromatic heterocycles. The summed E-state index contributed by atoms with van der Waals surface area (Å²) in [6, 6.07) is 0.240. The fourth-order valence-corrected chi connectivity index (χ4v) is 3.72. The summed E-state index contributed by atoms with van der Waals surface area (Å²) in [5, 5.41) is 12.3. The van der Waals surface area contributed by atoms with Crippen LogP contribution >= 0.6 is 0 Å². The van der Waals surface area contributed by atoms with Crippen molar-refractivity contribution in [3.63, 3.8) is 0 Å². The number of piperidine rings is 1. The molecule has 1 heterocycles. The van der Waals surface area contributed by atoms with Crippen LogP contribution in [-0.4, -0.2) is 41.1 Å². The van der Waals surface area contributed by atoms with Gasteiger partial charge >= 0.3 is 12.0 Å². The normalized spacial score (nSPS) is 33.5. The number of carbonyl (C=O) groups excluding carboxylic acids is 1. The summed E-state index contributed by atoms with van der Waals surface area (Å²) in [7, 11) is 0. The highest BCUT2D eigenvalue weighted by atomic mass is 16.4. The molecule has 0 aromatic rings. The van der Waals surface area contributed by atoms with E-state index in [0.717, 1.165) is 38.6 Å². The number of amides is 2. The molecule has 1 saturated heterocycles. The van der Waals surface area contributed by atoms with Crippen molar-refractivity contribution in [3.05, 3.63) is 0 Å². The summed E-state index contributed by atoms with van der Waals surface area (Å²) in [4.78, 5) is 25.5. The second kappa shape index (κ2) is 7.14. The molecule has 0 spiro atoms. The number of carbonyl (C=O) groups is 2. The van der Waals surface area contributed by atoms with Crippen LogP contribution in [0.2, 0.25) is 0 Å². The van der Waals surface area contributed by atoms with Crippen LogP contribution in [0.1, 0.15) is 52.4 Å². The van der Waals surface area contributed by atoms with E-state index in [1.165, 1.54) is 6.42 Å². The number of aliphatic carboxylic acids is 1. The lowest BCUT2D eigenvalue weighted by molar-refractivity contribution is -0.144. The van der Waals surface area contributed by atoms with Gasteiger partial charge in [-0.25, -0.2) is 4.79 Å². The van der Waals surface area contributed by atoms with Crippen LogP contribution in [0.5, 0.6) is 0 Å². The lowest BCUT2D eigenvalue weighted by Gasteiger charge is -2.38. The molecule has 0 radical (unpaired) electrons. The Morgan fingerprint density at radius 1 is 1.14 bits per heavy atom. The Morgan fingerprint density at radius 3 is 2.57 bits per heavy atom. The highest BCUT2D eigenvalue weighted by Gasteiger charge is 2.32. The number of carboxylic acids is 1. The van der Waals surface area contributed by atoms with Crippen LogP contribution in [0.3, 0.4) is 0 Å². The maximum atomic E-state index is 12.3. The lowest BCUT2D eigenvalue weighted by atomic mass is 9.79. The van der Waals surface area contributed by atoms with Gasteiger partial charge in [-0.05, 0) is 44.4 Å². The first-order chi connectivity index (χ1) is 10.0. The molecule has 5 heteroatoms. The van der Waals surface area contributed by atoms with Crippen molar-refractivity contribution < 1.29 is 14.7 Å². The van der Waals surface area contributed by atoms with Gasteiger partial charge in [0, 0.05) is 19.1 Å². The van der Waals surface area contributed by atoms with Gasteiger partial charge in [-0.15, -0.1) is 0 Å². The van der Waals surface area contributed by atoms with Gasteiger partial charge in [0.05, 0.1) is 5.92 Å². The summed E-state index contributed by atoms with van der Waals surface area (Å²) in [5.41, 5.74) is 0. The molecule has 2 aliphatic rings. The van der Waals surface area contributed by atoms with Crippen LogP contribution < -0.4 is 5.32 Å². The second-order valence-corrected chi connectivity index (χ2v) is 6.73. The predicted molar refractivity (Wildman–Crippen MR) is 81.0 cm³/mol. The van der Waals surface area contributed by atoms with E-state index < -0.39 is 5.97 Å². The quantitative estimate of drug-likeness (QED) is 0.841. The van der Waals surface area contributed by atoms with Crippen molar-refractivity contribution >= 4 is 12.0 Å². The maximum Gasteiger partial charge on any atom is 0.317 e. The number of likely N-dealkylation sites (tertiary alicyclic amines) is 1. The summed E-state index contributed by atoms with van der Waals surface area (Å²) in [5.74, 6) is -0.394. The zero-order valence-corrected chi connectivity index (χ0v) is 13.2. The maximum absolute atomic E-state index is 12.3. The van der Waals surface area contributed by atoms with E-state index >= 15 is 0 Å². The predicted octanol–water partition coefficient (Wildman–Crippen LogP) is 2.71. The number of hydrogen-bond acceptors (Lipinski definition) is 2. The van der Waals surface area contributed by atoms with Gasteiger partial charge in [-0.2, -0.15) is 0 Å². The molecule has 1 saturated carbocycles. The molecule has 2 fully saturated rings. The van der Waals surface area contributed by atoms with Crippen LogP contribution in [-0.2, 0) is 4.79 Å². The zero-order valence-electron chi connectivity index (χ0n) is 13.2. The third-order valence-electron chi connectivity index (χ3n) is 5.38. The zero-order chi connectivity index (χ0) is 15.4. The molecule has 2 rings (SSSR count). The van der Waals surface area contributed by atoms with Crippen LogP contribution in [0.4, 0.5) is 4.79 Å². The first-order valence-electron chi connectivity index (χ1n) is 8.28. The van der Waals surface area contributed by atoms with Crippen molar-refractivity contribution in [2.24, 2.45) is 17.8 Å². The Hall–Kier alpha value is -1.26. The molecule has 4 atom stereocenters. The molecule has 120 valence electrons. The highest BCUT2D eigenvalue weighted by Crippen LogP contribution is 2.30. The van der Waals surface area contributed by atoms with Crippen molar-refractivity contribution in [3.8, 4) is 0 Å². The van der Waals surface area contributed by atoms with Crippen molar-refractivity contribution in [2.75, 3.05) is 13.1 Å². The van der Waals surface area contributed by atoms with Gasteiger partial charge < -0.3 is 15.3 Å². The Kier molecular flexibility index (Phi) is 5.48. The highest BCUT2D eigenvalue weighted by molar-refractivity contribution is 5.75. The van der Waals surface area contributed by atoms with Crippen LogP contribution in [0.25, 0.3) is 0 Å². The van der Waals surface area contributed by atoms with Crippen molar-refractivity contribution in [1.82, 2.24) is 10.2 Å². The van der Waals surface area contributed by atoms with Gasteiger partial charge in [0.1, 0.15) is 0 Å². The fraction of sp³-hybridized carbons (Fsp3) is 0.875. The fourth-order valence-electron chi connectivity index (χ4n) is 3.72. The number of nitrogens with zero attached hydrogens (tertiary/aromatic N) is 1. The molecule has 5 nitrogen and oxygen atoms in total. The minimum Gasteiger partial charge on any atom is -0.481 e. The summed E-state index contributed by atoms with van der Waals surface area (Å²) >= 11 is 0. The molecule has 0 aromatic carbocycles. The average molecular weight is 296 g/mol. The van der Waals surface area contributed by atoms with Crippen LogP contribution in [0.15, 0.2) is 0 Å². The summed E-state index contributed by atoms with van der Waals surface area (Å²) < 4.78 is 0. The average Bonchev–Trinajstić information content (AvgIpc) is 2.47. The standard InChI is InChI=1S/C16H28N2O3/c1-11-6-5-9-18(12(11)2)16(21)17-10-13-7-3-4-8-14(13)15(19)20/h11-14H,3-10H2,1-2H3,(H,17,21)(H,19,20). The van der Waals surface area contributed by atoms with E-state index in [9.17, 15) is 14.7 Å². The number of urea groups is 1. The molecule has 21 heavy (non-hydrogen) atoms. The van der Waals surface area contributed by atoms with Gasteiger partial charge in [0.25, 0.3) is 0 Å². The van der Waals surface area contributed by atoms with Gasteiger partial charge in [0.15, 0.2) is 0 Å². The van der Waals surface area contributed by atoms with Gasteiger partial charge in [-0.1, -0.05) is 19.8 Å². The first kappa shape index (κ1) is 16.1. The van der Waals surface area contributed by atoms with E-state index in [-0.39, 0.29) is 23.9 Å². The van der Waals surface area contributed by atoms with E-state index in [4.69, 9.17) is 0 Å². The van der Waals surface area contributed by atoms with E-state index in [0.29, 0.717) is 12.5 Å². The summed E-state index contributed by atoms with van der Waals surface area (Å²) in [6.07, 6.45) is 5.94. The molecule has 2 N–H and O–H groups in total. The van der Waals surface area contributed by atoms with Gasteiger partial charge in [0.2, 0.25) is 0 Å². The lowest BCUT2D eigenvalue weighted by Crippen LogP contribution is -2.51. The number of hydrogen-bond donors (Lipinski definition) is 2. The number of nitrogens with one attached hydrogen (secondary N) is 1. The number of carboxylic acid groups (broad SMARTS) is 1. The topological polar surface area (TPSA) is 69.6 Å². The molecule has 1 aliphatic heterocycles. The molecule has 1 aliphatic carbocycles. The largest absolute Gasteiger partial charge is 0.481 e. The minimum absolute atomic E-state index is 0.0243. The van der Waals surface area contributed by atoms with E-state index in [1.54, 1.807) is 0 Å². The number of rotatable bonds is 3. The minimum atomic E-state index is -0.714. The third-order valence-corrected chi connectivity index (χ3v) is 5.38. The van der Waals surface area contributed by atoms with Crippen LogP contribution in [0, 0.1) is 17.8 Å². The van der Waals surface area contributed by atoms with Crippen molar-refractivity contribution in [1.29, 1.82) is 0 Å². The molecular weight excluding hydrogens is 268 g/mol. The Morgan fingerprint density at radius 2 is 1.86 bits per heavy atom. The Labute approximate surface area is 127 Å². The van der Waals surface area contributed by atoms with E-state index in [2.05, 4.69) is 19.2 Å².